The van der Waals surface area contributed by atoms with Crippen molar-refractivity contribution in [1.29, 1.82) is 0 Å². The van der Waals surface area contributed by atoms with Crippen LogP contribution in [0.4, 0.5) is 4.79 Å². The van der Waals surface area contributed by atoms with E-state index in [0.717, 1.165) is 0 Å². The lowest BCUT2D eigenvalue weighted by Crippen LogP contribution is -2.32. The molecule has 0 aliphatic rings. The number of carbonyl (C=O) groups is 1. The first kappa shape index (κ1) is 13.7. The highest BCUT2D eigenvalue weighted by Crippen LogP contribution is 2.09. The van der Waals surface area contributed by atoms with Gasteiger partial charge in [-0.05, 0) is 27.7 Å². The lowest BCUT2D eigenvalue weighted by Gasteiger charge is -2.19. The Balaban J connectivity index is 2.50. The Morgan fingerprint density at radius 3 is 2.71 bits per heavy atom. The van der Waals surface area contributed by atoms with Crippen LogP contribution >= 0.6 is 11.6 Å². The smallest absolute Gasteiger partial charge is 0.407 e. The molecule has 5 nitrogen and oxygen atoms in total. The molecule has 0 aromatic carbocycles. The predicted molar refractivity (Wildman–Crippen MR) is 64.9 cm³/mol. The Morgan fingerprint density at radius 1 is 1.53 bits per heavy atom. The molecular formula is C11H16ClN3O2. The van der Waals surface area contributed by atoms with E-state index in [4.69, 9.17) is 16.3 Å². The number of hydrogen-bond acceptors (Lipinski definition) is 4. The number of aromatic nitrogens is 2. The second-order valence-corrected chi connectivity index (χ2v) is 4.95. The molecule has 0 radical (unpaired) electrons. The van der Waals surface area contributed by atoms with Crippen molar-refractivity contribution < 1.29 is 9.53 Å². The van der Waals surface area contributed by atoms with Gasteiger partial charge >= 0.3 is 6.09 Å². The highest BCUT2D eigenvalue weighted by atomic mass is 35.5. The number of ether oxygens (including phenoxy) is 1. The summed E-state index contributed by atoms with van der Waals surface area (Å²) in [6.45, 7) is 7.43. The van der Waals surface area contributed by atoms with Crippen molar-refractivity contribution in [3.63, 3.8) is 0 Å². The molecule has 1 rings (SSSR count). The van der Waals surface area contributed by atoms with Gasteiger partial charge in [0.25, 0.3) is 0 Å². The van der Waals surface area contributed by atoms with E-state index in [1.807, 2.05) is 0 Å². The largest absolute Gasteiger partial charge is 0.444 e. The highest BCUT2D eigenvalue weighted by Gasteiger charge is 2.15. The summed E-state index contributed by atoms with van der Waals surface area (Å²) < 4.78 is 5.09. The van der Waals surface area contributed by atoms with Crippen LogP contribution in [0, 0.1) is 6.92 Å². The van der Waals surface area contributed by atoms with E-state index >= 15 is 0 Å². The molecule has 6 heteroatoms. The van der Waals surface area contributed by atoms with Crippen molar-refractivity contribution in [3.8, 4) is 0 Å². The standard InChI is InChI=1S/C11H16ClN3O2/c1-7-9(12)13-5-8(15-7)6-14-10(16)17-11(2,3)4/h5H,6H2,1-4H3,(H,14,16). The fourth-order valence-electron chi connectivity index (χ4n) is 1.08. The summed E-state index contributed by atoms with van der Waals surface area (Å²) in [5, 5.41) is 2.96. The van der Waals surface area contributed by atoms with E-state index < -0.39 is 11.7 Å². The van der Waals surface area contributed by atoms with E-state index in [0.29, 0.717) is 16.5 Å². The maximum absolute atomic E-state index is 11.4. The summed E-state index contributed by atoms with van der Waals surface area (Å²) in [7, 11) is 0. The molecule has 1 aromatic heterocycles. The first-order valence-electron chi connectivity index (χ1n) is 5.23. The molecule has 0 bridgehead atoms. The molecule has 1 aromatic rings. The molecule has 1 N–H and O–H groups in total. The molecular weight excluding hydrogens is 242 g/mol. The zero-order chi connectivity index (χ0) is 13.1. The molecule has 1 amide bonds. The Morgan fingerprint density at radius 2 is 2.18 bits per heavy atom. The number of aryl methyl sites for hydroxylation is 1. The molecule has 17 heavy (non-hydrogen) atoms. The second kappa shape index (κ2) is 5.31. The van der Waals surface area contributed by atoms with E-state index in [1.165, 1.54) is 6.20 Å². The summed E-state index contributed by atoms with van der Waals surface area (Å²) >= 11 is 5.74. The topological polar surface area (TPSA) is 64.1 Å². The van der Waals surface area contributed by atoms with Gasteiger partial charge in [-0.15, -0.1) is 0 Å². The average molecular weight is 258 g/mol. The van der Waals surface area contributed by atoms with Gasteiger partial charge in [-0.25, -0.2) is 9.78 Å². The van der Waals surface area contributed by atoms with Gasteiger partial charge in [0.15, 0.2) is 0 Å². The molecule has 0 aliphatic heterocycles. The van der Waals surface area contributed by atoms with Crippen molar-refractivity contribution in [3.05, 3.63) is 22.7 Å². The Hall–Kier alpha value is -1.36. The monoisotopic (exact) mass is 257 g/mol. The first-order valence-corrected chi connectivity index (χ1v) is 5.60. The van der Waals surface area contributed by atoms with Crippen molar-refractivity contribution in [2.75, 3.05) is 0 Å². The van der Waals surface area contributed by atoms with Crippen LogP contribution in [-0.4, -0.2) is 21.7 Å². The number of nitrogens with zero attached hydrogens (tertiary/aromatic N) is 2. The number of rotatable bonds is 2. The Labute approximate surface area is 106 Å². The average Bonchev–Trinajstić information content (AvgIpc) is 2.17. The van der Waals surface area contributed by atoms with E-state index in [1.54, 1.807) is 27.7 Å². The third kappa shape index (κ3) is 4.99. The van der Waals surface area contributed by atoms with Gasteiger partial charge < -0.3 is 10.1 Å². The van der Waals surface area contributed by atoms with E-state index in [9.17, 15) is 4.79 Å². The molecule has 0 unspecified atom stereocenters. The van der Waals surface area contributed by atoms with E-state index in [2.05, 4.69) is 15.3 Å². The molecule has 0 aliphatic carbocycles. The molecule has 0 spiro atoms. The van der Waals surface area contributed by atoms with Gasteiger partial charge in [-0.1, -0.05) is 11.6 Å². The minimum Gasteiger partial charge on any atom is -0.444 e. The van der Waals surface area contributed by atoms with Crippen molar-refractivity contribution in [2.45, 2.75) is 39.8 Å². The number of amides is 1. The number of hydrogen-bond donors (Lipinski definition) is 1. The summed E-state index contributed by atoms with van der Waals surface area (Å²) in [6, 6.07) is 0. The quantitative estimate of drug-likeness (QED) is 0.884. The number of alkyl carbamates (subject to hydrolysis) is 1. The molecule has 0 saturated carbocycles. The number of halogens is 1. The Bertz CT molecular complexity index is 416. The van der Waals surface area contributed by atoms with Crippen LogP contribution in [0.1, 0.15) is 32.2 Å². The van der Waals surface area contributed by atoms with Crippen molar-refractivity contribution in [2.24, 2.45) is 0 Å². The fraction of sp³-hybridized carbons (Fsp3) is 0.545. The normalized spacial score (nSPS) is 11.1. The fourth-order valence-corrected chi connectivity index (χ4v) is 1.17. The van der Waals surface area contributed by atoms with Gasteiger partial charge in [0.05, 0.1) is 24.1 Å². The summed E-state index contributed by atoms with van der Waals surface area (Å²) in [5.41, 5.74) is 0.763. The summed E-state index contributed by atoms with van der Waals surface area (Å²) in [6.07, 6.45) is 1.04. The van der Waals surface area contributed by atoms with Crippen LogP contribution in [0.5, 0.6) is 0 Å². The molecule has 0 atom stereocenters. The van der Waals surface area contributed by atoms with Crippen LogP contribution in [0.15, 0.2) is 6.20 Å². The molecule has 94 valence electrons. The zero-order valence-corrected chi connectivity index (χ0v) is 11.1. The summed E-state index contributed by atoms with van der Waals surface area (Å²) in [5.74, 6) is 0. The van der Waals surface area contributed by atoms with Crippen LogP contribution in [0.2, 0.25) is 5.15 Å². The van der Waals surface area contributed by atoms with Crippen LogP contribution < -0.4 is 5.32 Å². The lowest BCUT2D eigenvalue weighted by atomic mass is 10.2. The first-order chi connectivity index (χ1) is 7.78. The second-order valence-electron chi connectivity index (χ2n) is 4.59. The van der Waals surface area contributed by atoms with Gasteiger partial charge in [-0.2, -0.15) is 0 Å². The third-order valence-corrected chi connectivity index (χ3v) is 2.12. The maximum Gasteiger partial charge on any atom is 0.407 e. The van der Waals surface area contributed by atoms with Gasteiger partial charge in [0, 0.05) is 0 Å². The maximum atomic E-state index is 11.4. The molecule has 0 saturated heterocycles. The van der Waals surface area contributed by atoms with Crippen molar-refractivity contribution in [1.82, 2.24) is 15.3 Å². The number of nitrogens with one attached hydrogen (secondary N) is 1. The Kier molecular flexibility index (Phi) is 4.28. The summed E-state index contributed by atoms with van der Waals surface area (Å²) in [4.78, 5) is 19.5. The lowest BCUT2D eigenvalue weighted by molar-refractivity contribution is 0.0523. The van der Waals surface area contributed by atoms with Crippen LogP contribution in [0.3, 0.4) is 0 Å². The third-order valence-electron chi connectivity index (χ3n) is 1.75. The number of carbonyl (C=O) groups excluding carboxylic acids is 1. The SMILES string of the molecule is Cc1nc(CNC(=O)OC(C)(C)C)cnc1Cl. The minimum atomic E-state index is -0.508. The minimum absolute atomic E-state index is 0.264. The zero-order valence-electron chi connectivity index (χ0n) is 10.4. The van der Waals surface area contributed by atoms with Gasteiger partial charge in [0.2, 0.25) is 0 Å². The van der Waals surface area contributed by atoms with Crippen LogP contribution in [0.25, 0.3) is 0 Å². The van der Waals surface area contributed by atoms with Crippen molar-refractivity contribution >= 4 is 17.7 Å². The van der Waals surface area contributed by atoms with E-state index in [-0.39, 0.29) is 6.54 Å². The molecule has 1 heterocycles. The molecule has 0 fully saturated rings. The van der Waals surface area contributed by atoms with Gasteiger partial charge in [-0.3, -0.25) is 4.98 Å². The van der Waals surface area contributed by atoms with Crippen LogP contribution in [-0.2, 0) is 11.3 Å². The van der Waals surface area contributed by atoms with Gasteiger partial charge in [0.1, 0.15) is 10.8 Å². The highest BCUT2D eigenvalue weighted by molar-refractivity contribution is 6.29. The predicted octanol–water partition coefficient (Wildman–Crippen LogP) is 2.46.